The van der Waals surface area contributed by atoms with Crippen LogP contribution in [0.5, 0.6) is 0 Å². The Kier molecular flexibility index (Phi) is 9.31. The van der Waals surface area contributed by atoms with Crippen LogP contribution < -0.4 is 10.6 Å². The van der Waals surface area contributed by atoms with Crippen molar-refractivity contribution >= 4 is 45.6 Å². The highest BCUT2D eigenvalue weighted by atomic mass is 35.5. The van der Waals surface area contributed by atoms with E-state index in [-0.39, 0.29) is 43.8 Å². The zero-order chi connectivity index (χ0) is 28.9. The fourth-order valence-corrected chi connectivity index (χ4v) is 4.83. The molecule has 0 spiro atoms. The van der Waals surface area contributed by atoms with Crippen LogP contribution in [0.15, 0.2) is 46.9 Å². The van der Waals surface area contributed by atoms with E-state index in [2.05, 4.69) is 10.6 Å². The molecule has 0 atom stereocenters. The van der Waals surface area contributed by atoms with Gasteiger partial charge in [0.25, 0.3) is 11.6 Å². The Morgan fingerprint density at radius 3 is 2.55 bits per heavy atom. The number of benzene rings is 2. The molecule has 0 bridgehead atoms. The highest BCUT2D eigenvalue weighted by Crippen LogP contribution is 2.38. The summed E-state index contributed by atoms with van der Waals surface area (Å²) in [4.78, 5) is 34.2. The standard InChI is InChI=1S/C27H27ClF3N3O6/c28-17-1-10-25-16(13-17)14-21(40-25)7-9-24(35)26(36)32-11-12-39-20-5-2-18(3-6-20)33-19-4-8-23(34(37)38)22(15-19)27(29,30)31/h1,4,8,10,13-15,18,20,33H,2-3,5-7,9,11-12H2,(H,32,36). The molecule has 0 radical (unpaired) electrons. The molecule has 0 saturated heterocycles. The second kappa shape index (κ2) is 12.7. The van der Waals surface area contributed by atoms with Crippen LogP contribution in [0.4, 0.5) is 24.5 Å². The minimum Gasteiger partial charge on any atom is -0.461 e. The smallest absolute Gasteiger partial charge is 0.423 e. The second-order valence-corrected chi connectivity index (χ2v) is 9.99. The molecule has 1 aromatic heterocycles. The molecule has 214 valence electrons. The number of Topliss-reactive ketones (excluding diaryl/α,β-unsaturated/α-hetero) is 1. The first kappa shape index (κ1) is 29.3. The van der Waals surface area contributed by atoms with Gasteiger partial charge in [-0.2, -0.15) is 13.2 Å². The predicted molar refractivity (Wildman–Crippen MR) is 141 cm³/mol. The first-order valence-electron chi connectivity index (χ1n) is 12.7. The predicted octanol–water partition coefficient (Wildman–Crippen LogP) is 6.07. The van der Waals surface area contributed by atoms with Crippen molar-refractivity contribution in [2.24, 2.45) is 0 Å². The number of anilines is 1. The maximum Gasteiger partial charge on any atom is 0.423 e. The van der Waals surface area contributed by atoms with E-state index in [0.717, 1.165) is 17.5 Å². The maximum absolute atomic E-state index is 13.2. The molecular formula is C27H27ClF3N3O6. The number of alkyl halides is 3. The number of nitro benzene ring substituents is 1. The van der Waals surface area contributed by atoms with Gasteiger partial charge in [-0.05, 0) is 62.1 Å². The first-order valence-corrected chi connectivity index (χ1v) is 13.1. The minimum absolute atomic E-state index is 0.00349. The third-order valence-corrected chi connectivity index (χ3v) is 6.90. The number of hydrogen-bond acceptors (Lipinski definition) is 7. The topological polar surface area (TPSA) is 124 Å². The van der Waals surface area contributed by atoms with E-state index >= 15 is 0 Å². The zero-order valence-corrected chi connectivity index (χ0v) is 22.0. The molecule has 2 aromatic carbocycles. The van der Waals surface area contributed by atoms with Crippen molar-refractivity contribution in [2.75, 3.05) is 18.5 Å². The number of ether oxygens (including phenoxy) is 1. The van der Waals surface area contributed by atoms with Crippen LogP contribution in [0, 0.1) is 10.1 Å². The fraction of sp³-hybridized carbons (Fsp3) is 0.407. The number of furan rings is 1. The van der Waals surface area contributed by atoms with Gasteiger partial charge in [0.2, 0.25) is 5.78 Å². The minimum atomic E-state index is -4.84. The summed E-state index contributed by atoms with van der Waals surface area (Å²) in [7, 11) is 0. The van der Waals surface area contributed by atoms with Crippen LogP contribution in [0.25, 0.3) is 11.0 Å². The SMILES string of the molecule is O=C(CCc1cc2cc(Cl)ccc2o1)C(=O)NCCOC1CCC(Nc2ccc([N+](=O)[O-])c(C(F)(F)F)c2)CC1. The van der Waals surface area contributed by atoms with Gasteiger partial charge < -0.3 is 19.8 Å². The highest BCUT2D eigenvalue weighted by Gasteiger charge is 2.38. The monoisotopic (exact) mass is 581 g/mol. The molecular weight excluding hydrogens is 555 g/mol. The van der Waals surface area contributed by atoms with E-state index < -0.39 is 34.0 Å². The average molecular weight is 582 g/mol. The molecule has 2 N–H and O–H groups in total. The van der Waals surface area contributed by atoms with Crippen molar-refractivity contribution in [1.82, 2.24) is 5.32 Å². The molecule has 1 aliphatic carbocycles. The zero-order valence-electron chi connectivity index (χ0n) is 21.3. The number of amides is 1. The number of hydrogen-bond donors (Lipinski definition) is 2. The molecule has 9 nitrogen and oxygen atoms in total. The Bertz CT molecular complexity index is 1390. The van der Waals surface area contributed by atoms with Crippen molar-refractivity contribution in [3.8, 4) is 0 Å². The number of carbonyl (C=O) groups is 2. The van der Waals surface area contributed by atoms with Crippen LogP contribution in [0.2, 0.25) is 5.02 Å². The number of halogens is 4. The van der Waals surface area contributed by atoms with Crippen LogP contribution in [0.1, 0.15) is 43.4 Å². The lowest BCUT2D eigenvalue weighted by atomic mass is 9.92. The molecule has 1 saturated carbocycles. The summed E-state index contributed by atoms with van der Waals surface area (Å²) >= 11 is 5.96. The van der Waals surface area contributed by atoms with Gasteiger partial charge in [-0.25, -0.2) is 0 Å². The van der Waals surface area contributed by atoms with E-state index in [1.807, 2.05) is 0 Å². The number of nitro groups is 1. The van der Waals surface area contributed by atoms with Gasteiger partial charge in [-0.1, -0.05) is 11.6 Å². The summed E-state index contributed by atoms with van der Waals surface area (Å²) in [6.45, 7) is 0.373. The van der Waals surface area contributed by atoms with E-state index in [4.69, 9.17) is 20.8 Å². The molecule has 1 amide bonds. The van der Waals surface area contributed by atoms with Crippen LogP contribution >= 0.6 is 11.6 Å². The number of nitrogens with zero attached hydrogens (tertiary/aromatic N) is 1. The third kappa shape index (κ3) is 7.72. The van der Waals surface area contributed by atoms with Crippen LogP contribution in [0.3, 0.4) is 0 Å². The van der Waals surface area contributed by atoms with Crippen molar-refractivity contribution < 1.29 is 36.8 Å². The third-order valence-electron chi connectivity index (χ3n) is 6.67. The molecule has 3 aromatic rings. The Balaban J connectivity index is 1.14. The Morgan fingerprint density at radius 2 is 1.85 bits per heavy atom. The normalized spacial score (nSPS) is 17.5. The lowest BCUT2D eigenvalue weighted by molar-refractivity contribution is -0.388. The first-order chi connectivity index (χ1) is 19.0. The number of fused-ring (bicyclic) bond motifs is 1. The van der Waals surface area contributed by atoms with Gasteiger partial charge in [0, 0.05) is 47.6 Å². The van der Waals surface area contributed by atoms with Gasteiger partial charge in [0.1, 0.15) is 16.9 Å². The fourth-order valence-electron chi connectivity index (χ4n) is 4.65. The molecule has 13 heteroatoms. The quantitative estimate of drug-likeness (QED) is 0.122. The Morgan fingerprint density at radius 1 is 1.10 bits per heavy atom. The summed E-state index contributed by atoms with van der Waals surface area (Å²) in [6, 6.07) is 9.77. The number of carbonyl (C=O) groups excluding carboxylic acids is 2. The summed E-state index contributed by atoms with van der Waals surface area (Å²) in [5.74, 6) is -0.678. The van der Waals surface area contributed by atoms with E-state index in [1.54, 1.807) is 24.3 Å². The van der Waals surface area contributed by atoms with E-state index in [9.17, 15) is 32.9 Å². The molecule has 40 heavy (non-hydrogen) atoms. The van der Waals surface area contributed by atoms with Crippen LogP contribution in [-0.2, 0) is 26.9 Å². The van der Waals surface area contributed by atoms with Gasteiger partial charge in [0.05, 0.1) is 17.6 Å². The number of nitrogens with one attached hydrogen (secondary N) is 2. The van der Waals surface area contributed by atoms with Crippen molar-refractivity contribution in [3.63, 3.8) is 0 Å². The summed E-state index contributed by atoms with van der Waals surface area (Å²) in [6.07, 6.45) is -2.10. The summed E-state index contributed by atoms with van der Waals surface area (Å²) in [5, 5.41) is 17.9. The van der Waals surface area contributed by atoms with Crippen molar-refractivity contribution in [3.05, 3.63) is 68.9 Å². The highest BCUT2D eigenvalue weighted by molar-refractivity contribution is 6.36. The lowest BCUT2D eigenvalue weighted by Gasteiger charge is -2.30. The van der Waals surface area contributed by atoms with Crippen molar-refractivity contribution in [2.45, 2.75) is 56.8 Å². The molecule has 4 rings (SSSR count). The average Bonchev–Trinajstić information content (AvgIpc) is 3.32. The van der Waals surface area contributed by atoms with E-state index in [1.165, 1.54) is 6.07 Å². The Hall–Kier alpha value is -3.64. The van der Waals surface area contributed by atoms with Crippen LogP contribution in [-0.4, -0.2) is 41.9 Å². The number of rotatable bonds is 11. The molecule has 1 fully saturated rings. The summed E-state index contributed by atoms with van der Waals surface area (Å²) < 4.78 is 51.1. The molecule has 0 aliphatic heterocycles. The lowest BCUT2D eigenvalue weighted by Crippen LogP contribution is -2.35. The van der Waals surface area contributed by atoms with Gasteiger partial charge in [0.15, 0.2) is 0 Å². The maximum atomic E-state index is 13.2. The molecule has 1 aliphatic rings. The largest absolute Gasteiger partial charge is 0.461 e. The Labute approximate surface area is 232 Å². The summed E-state index contributed by atoms with van der Waals surface area (Å²) in [5.41, 5.74) is -1.46. The number of ketones is 1. The molecule has 1 heterocycles. The van der Waals surface area contributed by atoms with Gasteiger partial charge in [-0.3, -0.25) is 19.7 Å². The second-order valence-electron chi connectivity index (χ2n) is 9.55. The van der Waals surface area contributed by atoms with Crippen molar-refractivity contribution in [1.29, 1.82) is 0 Å². The number of aryl methyl sites for hydroxylation is 1. The van der Waals surface area contributed by atoms with Gasteiger partial charge >= 0.3 is 6.18 Å². The van der Waals surface area contributed by atoms with E-state index in [0.29, 0.717) is 42.0 Å². The van der Waals surface area contributed by atoms with Gasteiger partial charge in [-0.15, -0.1) is 0 Å². The molecule has 0 unspecified atom stereocenters.